The number of hydrogen-bond acceptors (Lipinski definition) is 2. The summed E-state index contributed by atoms with van der Waals surface area (Å²) >= 11 is 5.47. The Morgan fingerprint density at radius 3 is 2.55 bits per heavy atom. The first-order valence-corrected chi connectivity index (χ1v) is 6.06. The van der Waals surface area contributed by atoms with Crippen LogP contribution in [0.1, 0.15) is 15.9 Å². The van der Waals surface area contributed by atoms with E-state index in [2.05, 4.69) is 10.3 Å². The third kappa shape index (κ3) is 3.33. The Balaban J connectivity index is 2.28. The van der Waals surface area contributed by atoms with Gasteiger partial charge in [-0.15, -0.1) is 0 Å². The van der Waals surface area contributed by atoms with Crippen LogP contribution in [-0.4, -0.2) is 10.9 Å². The van der Waals surface area contributed by atoms with Gasteiger partial charge in [0.2, 0.25) is 0 Å². The molecule has 2 aromatic rings. The van der Waals surface area contributed by atoms with E-state index >= 15 is 0 Å². The van der Waals surface area contributed by atoms with Gasteiger partial charge in [-0.2, -0.15) is 17.6 Å². The monoisotopic (exact) mass is 336 g/mol. The van der Waals surface area contributed by atoms with Crippen LogP contribution in [-0.2, 0) is 6.18 Å². The Bertz CT molecular complexity index is 733. The maximum absolute atomic E-state index is 13.2. The number of hydrogen-bond donors (Lipinski definition) is 1. The van der Waals surface area contributed by atoms with Crippen molar-refractivity contribution in [2.24, 2.45) is 0 Å². The van der Waals surface area contributed by atoms with E-state index in [1.807, 2.05) is 0 Å². The van der Waals surface area contributed by atoms with Crippen LogP contribution in [0, 0.1) is 11.8 Å². The third-order valence-corrected chi connectivity index (χ3v) is 2.98. The molecule has 3 nitrogen and oxygen atoms in total. The van der Waals surface area contributed by atoms with Crippen molar-refractivity contribution >= 4 is 23.2 Å². The number of carbonyl (C=O) groups excluding carboxylic acids is 1. The average molecular weight is 337 g/mol. The topological polar surface area (TPSA) is 42.0 Å². The number of nitrogens with zero attached hydrogens (tertiary/aromatic N) is 1. The summed E-state index contributed by atoms with van der Waals surface area (Å²) in [6.07, 6.45) is -3.90. The number of pyridine rings is 1. The van der Waals surface area contributed by atoms with Gasteiger partial charge < -0.3 is 5.32 Å². The molecule has 0 unspecified atom stereocenters. The van der Waals surface area contributed by atoms with Crippen LogP contribution in [0.25, 0.3) is 0 Å². The zero-order valence-electron chi connectivity index (χ0n) is 10.5. The number of rotatable bonds is 2. The smallest absolute Gasteiger partial charge is 0.322 e. The highest BCUT2D eigenvalue weighted by Gasteiger charge is 2.30. The number of alkyl halides is 3. The van der Waals surface area contributed by atoms with Crippen molar-refractivity contribution in [2.45, 2.75) is 6.18 Å². The van der Waals surface area contributed by atoms with Crippen molar-refractivity contribution in [3.8, 4) is 0 Å². The maximum atomic E-state index is 13.2. The molecule has 9 heteroatoms. The molecular weight excluding hydrogens is 331 g/mol. The first-order chi connectivity index (χ1) is 10.2. The van der Waals surface area contributed by atoms with Gasteiger partial charge in [0.15, 0.2) is 5.82 Å². The lowest BCUT2D eigenvalue weighted by molar-refractivity contribution is -0.137. The van der Waals surface area contributed by atoms with Gasteiger partial charge in [0, 0.05) is 11.9 Å². The second-order valence-electron chi connectivity index (χ2n) is 4.12. The molecule has 0 saturated carbocycles. The minimum Gasteiger partial charge on any atom is -0.322 e. The molecule has 0 saturated heterocycles. The van der Waals surface area contributed by atoms with Crippen LogP contribution in [0.4, 0.5) is 27.6 Å². The molecule has 1 amide bonds. The highest BCUT2D eigenvalue weighted by Crippen LogP contribution is 2.31. The predicted octanol–water partition coefficient (Wildman–Crippen LogP) is 4.28. The summed E-state index contributed by atoms with van der Waals surface area (Å²) in [7, 11) is 0. The quantitative estimate of drug-likeness (QED) is 0.657. The fraction of sp³-hybridized carbons (Fsp3) is 0.0769. The Hall–Kier alpha value is -2.22. The normalized spacial score (nSPS) is 11.4. The van der Waals surface area contributed by atoms with Gasteiger partial charge in [-0.25, -0.2) is 9.37 Å². The molecule has 0 atom stereocenters. The molecule has 2 rings (SSSR count). The van der Waals surface area contributed by atoms with Gasteiger partial charge in [0.05, 0.1) is 16.1 Å². The van der Waals surface area contributed by atoms with Crippen molar-refractivity contribution in [1.82, 2.24) is 4.98 Å². The first kappa shape index (κ1) is 16.2. The van der Waals surface area contributed by atoms with Crippen molar-refractivity contribution in [2.75, 3.05) is 5.32 Å². The van der Waals surface area contributed by atoms with E-state index in [9.17, 15) is 26.7 Å². The van der Waals surface area contributed by atoms with E-state index in [1.165, 1.54) is 6.07 Å². The number of halogens is 6. The number of nitrogens with one attached hydrogen (secondary N) is 1. The average Bonchev–Trinajstić information content (AvgIpc) is 2.44. The highest BCUT2D eigenvalue weighted by molar-refractivity contribution is 6.34. The zero-order chi connectivity index (χ0) is 16.5. The lowest BCUT2D eigenvalue weighted by Crippen LogP contribution is -2.15. The Morgan fingerprint density at radius 1 is 1.23 bits per heavy atom. The third-order valence-electron chi connectivity index (χ3n) is 2.61. The Kier molecular flexibility index (Phi) is 4.32. The van der Waals surface area contributed by atoms with E-state index in [-0.39, 0.29) is 5.69 Å². The van der Waals surface area contributed by atoms with Crippen molar-refractivity contribution in [3.63, 3.8) is 0 Å². The van der Waals surface area contributed by atoms with Gasteiger partial charge in [0.25, 0.3) is 11.9 Å². The number of benzene rings is 1. The molecule has 1 aromatic carbocycles. The lowest BCUT2D eigenvalue weighted by atomic mass is 10.2. The fourth-order valence-electron chi connectivity index (χ4n) is 1.57. The summed E-state index contributed by atoms with van der Waals surface area (Å²) in [6.45, 7) is 0. The van der Waals surface area contributed by atoms with Crippen LogP contribution in [0.5, 0.6) is 0 Å². The molecule has 116 valence electrons. The van der Waals surface area contributed by atoms with E-state index in [0.29, 0.717) is 12.3 Å². The minimum atomic E-state index is -4.58. The summed E-state index contributed by atoms with van der Waals surface area (Å²) < 4.78 is 63.7. The van der Waals surface area contributed by atoms with Crippen molar-refractivity contribution in [3.05, 3.63) is 58.4 Å². The molecule has 0 spiro atoms. The second-order valence-corrected chi connectivity index (χ2v) is 4.50. The number of amides is 1. The second kappa shape index (κ2) is 5.88. The molecule has 0 radical (unpaired) electrons. The highest BCUT2D eigenvalue weighted by atomic mass is 35.5. The zero-order valence-corrected chi connectivity index (χ0v) is 11.3. The van der Waals surface area contributed by atoms with Gasteiger partial charge in [-0.3, -0.25) is 4.79 Å². The summed E-state index contributed by atoms with van der Waals surface area (Å²) in [5, 5.41) is 1.30. The summed E-state index contributed by atoms with van der Waals surface area (Å²) in [4.78, 5) is 14.8. The molecule has 0 fully saturated rings. The van der Waals surface area contributed by atoms with Crippen LogP contribution < -0.4 is 5.32 Å². The predicted molar refractivity (Wildman–Crippen MR) is 68.6 cm³/mol. The first-order valence-electron chi connectivity index (χ1n) is 5.68. The molecule has 0 aliphatic heterocycles. The van der Waals surface area contributed by atoms with Crippen LogP contribution in [0.15, 0.2) is 30.5 Å². The Labute approximate surface area is 125 Å². The summed E-state index contributed by atoms with van der Waals surface area (Å²) in [6, 6.07) is 3.80. The van der Waals surface area contributed by atoms with E-state index in [1.54, 1.807) is 0 Å². The lowest BCUT2D eigenvalue weighted by Gasteiger charge is -2.10. The van der Waals surface area contributed by atoms with Crippen LogP contribution >= 0.6 is 11.6 Å². The molecule has 22 heavy (non-hydrogen) atoms. The molecule has 1 aromatic heterocycles. The number of aromatic nitrogens is 1. The minimum absolute atomic E-state index is 0.180. The van der Waals surface area contributed by atoms with Gasteiger partial charge in [-0.1, -0.05) is 17.7 Å². The molecule has 0 aliphatic carbocycles. The van der Waals surface area contributed by atoms with Crippen molar-refractivity contribution in [1.29, 1.82) is 0 Å². The summed E-state index contributed by atoms with van der Waals surface area (Å²) in [5.74, 6) is -4.02. The van der Waals surface area contributed by atoms with E-state index in [0.717, 1.165) is 12.1 Å². The van der Waals surface area contributed by atoms with Gasteiger partial charge in [0.1, 0.15) is 0 Å². The SMILES string of the molecule is O=C(Nc1cccc(C(F)(F)F)c1)c1cnc(F)c(F)c1Cl. The molecule has 0 bridgehead atoms. The maximum Gasteiger partial charge on any atom is 0.416 e. The van der Waals surface area contributed by atoms with E-state index in [4.69, 9.17) is 11.6 Å². The van der Waals surface area contributed by atoms with Gasteiger partial charge in [-0.05, 0) is 18.2 Å². The van der Waals surface area contributed by atoms with Crippen molar-refractivity contribution < 1.29 is 26.7 Å². The molecule has 1 heterocycles. The number of carbonyl (C=O) groups is 1. The molecule has 1 N–H and O–H groups in total. The molecule has 0 aliphatic rings. The van der Waals surface area contributed by atoms with Gasteiger partial charge >= 0.3 is 6.18 Å². The van der Waals surface area contributed by atoms with Crippen LogP contribution in [0.2, 0.25) is 5.02 Å². The van der Waals surface area contributed by atoms with Crippen LogP contribution in [0.3, 0.4) is 0 Å². The van der Waals surface area contributed by atoms with E-state index < -0.39 is 40.0 Å². The fourth-order valence-corrected chi connectivity index (χ4v) is 1.79. The number of anilines is 1. The Morgan fingerprint density at radius 2 is 1.91 bits per heavy atom. The molecular formula is C13H6ClF5N2O. The summed E-state index contributed by atoms with van der Waals surface area (Å²) in [5.41, 5.74) is -1.65. The largest absolute Gasteiger partial charge is 0.416 e. The standard InChI is InChI=1S/C13H6ClF5N2O/c14-9-8(5-20-11(16)10(9)15)12(22)21-7-3-1-2-6(4-7)13(17,18)19/h1-5H,(H,21,22).